The van der Waals surface area contributed by atoms with Gasteiger partial charge in [-0.2, -0.15) is 0 Å². The van der Waals surface area contributed by atoms with Crippen LogP contribution in [0.1, 0.15) is 5.56 Å². The molecule has 1 aromatic heterocycles. The molecule has 2 aromatic rings. The predicted molar refractivity (Wildman–Crippen MR) is 51.1 cm³/mol. The Labute approximate surface area is 81.0 Å². The molecule has 0 atom stereocenters. The fourth-order valence-electron chi connectivity index (χ4n) is 1.13. The minimum absolute atomic E-state index is 0.686. The van der Waals surface area contributed by atoms with Crippen molar-refractivity contribution in [2.45, 2.75) is 6.92 Å². The second-order valence-corrected chi connectivity index (χ2v) is 3.21. The van der Waals surface area contributed by atoms with Gasteiger partial charge in [-0.15, -0.1) is 5.10 Å². The Morgan fingerprint density at radius 1 is 1.38 bits per heavy atom. The summed E-state index contributed by atoms with van der Waals surface area (Å²) in [6.45, 7) is 2.00. The van der Waals surface area contributed by atoms with Gasteiger partial charge in [0.2, 0.25) is 0 Å². The van der Waals surface area contributed by atoms with Crippen molar-refractivity contribution < 1.29 is 0 Å². The molecule has 0 aliphatic rings. The maximum absolute atomic E-state index is 6.03. The summed E-state index contributed by atoms with van der Waals surface area (Å²) < 4.78 is 1.64. The van der Waals surface area contributed by atoms with Crippen LogP contribution >= 0.6 is 11.6 Å². The van der Waals surface area contributed by atoms with Gasteiger partial charge in [0.15, 0.2) is 0 Å². The SMILES string of the molecule is Cc1ccc(-n2ccnn2)c(Cl)c1. The number of nitrogens with zero attached hydrogens (tertiary/aromatic N) is 3. The van der Waals surface area contributed by atoms with E-state index in [-0.39, 0.29) is 0 Å². The highest BCUT2D eigenvalue weighted by molar-refractivity contribution is 6.32. The number of aromatic nitrogens is 3. The normalized spacial score (nSPS) is 10.3. The summed E-state index contributed by atoms with van der Waals surface area (Å²) in [6, 6.07) is 5.81. The fourth-order valence-corrected chi connectivity index (χ4v) is 1.46. The molecule has 0 bridgehead atoms. The number of aryl methyl sites for hydroxylation is 1. The number of halogens is 1. The van der Waals surface area contributed by atoms with Gasteiger partial charge in [-0.3, -0.25) is 0 Å². The van der Waals surface area contributed by atoms with E-state index in [2.05, 4.69) is 10.3 Å². The average molecular weight is 194 g/mol. The molecule has 13 heavy (non-hydrogen) atoms. The quantitative estimate of drug-likeness (QED) is 0.696. The van der Waals surface area contributed by atoms with Gasteiger partial charge in [0.25, 0.3) is 0 Å². The summed E-state index contributed by atoms with van der Waals surface area (Å²) in [6.07, 6.45) is 3.38. The zero-order valence-electron chi connectivity index (χ0n) is 7.11. The van der Waals surface area contributed by atoms with Gasteiger partial charge in [-0.05, 0) is 24.6 Å². The zero-order valence-corrected chi connectivity index (χ0v) is 7.86. The molecule has 0 fully saturated rings. The van der Waals surface area contributed by atoms with Crippen LogP contribution in [0.25, 0.3) is 5.69 Å². The molecule has 1 heterocycles. The molecular weight excluding hydrogens is 186 g/mol. The first-order valence-electron chi connectivity index (χ1n) is 3.90. The maximum Gasteiger partial charge on any atom is 0.0849 e. The lowest BCUT2D eigenvalue weighted by molar-refractivity contribution is 0.803. The molecule has 66 valence electrons. The highest BCUT2D eigenvalue weighted by Gasteiger charge is 2.02. The molecule has 0 unspecified atom stereocenters. The van der Waals surface area contributed by atoms with E-state index in [9.17, 15) is 0 Å². The van der Waals surface area contributed by atoms with Crippen LogP contribution in [0.2, 0.25) is 5.02 Å². The molecule has 0 aliphatic carbocycles. The van der Waals surface area contributed by atoms with Crippen molar-refractivity contribution in [3.63, 3.8) is 0 Å². The lowest BCUT2D eigenvalue weighted by Crippen LogP contribution is -1.95. The van der Waals surface area contributed by atoms with Crippen LogP contribution < -0.4 is 0 Å². The van der Waals surface area contributed by atoms with E-state index in [4.69, 9.17) is 11.6 Å². The molecule has 0 aliphatic heterocycles. The Morgan fingerprint density at radius 2 is 2.23 bits per heavy atom. The monoisotopic (exact) mass is 193 g/mol. The average Bonchev–Trinajstić information content (AvgIpc) is 2.56. The molecular formula is C9H8ClN3. The van der Waals surface area contributed by atoms with Gasteiger partial charge in [0, 0.05) is 0 Å². The van der Waals surface area contributed by atoms with Gasteiger partial charge in [-0.25, -0.2) is 4.68 Å². The molecule has 1 aromatic carbocycles. The highest BCUT2D eigenvalue weighted by Crippen LogP contribution is 2.20. The molecule has 4 heteroatoms. The molecule has 0 spiro atoms. The maximum atomic E-state index is 6.03. The van der Waals surface area contributed by atoms with Crippen molar-refractivity contribution in [2.75, 3.05) is 0 Å². The Bertz CT molecular complexity index is 409. The number of rotatable bonds is 1. The predicted octanol–water partition coefficient (Wildman–Crippen LogP) is 2.23. The van der Waals surface area contributed by atoms with Crippen molar-refractivity contribution in [1.29, 1.82) is 0 Å². The van der Waals surface area contributed by atoms with Crippen molar-refractivity contribution >= 4 is 11.6 Å². The lowest BCUT2D eigenvalue weighted by atomic mass is 10.2. The van der Waals surface area contributed by atoms with Crippen LogP contribution in [0.15, 0.2) is 30.6 Å². The van der Waals surface area contributed by atoms with Crippen LogP contribution in [-0.4, -0.2) is 15.0 Å². The second kappa shape index (κ2) is 3.18. The third kappa shape index (κ3) is 1.55. The first kappa shape index (κ1) is 8.26. The first-order chi connectivity index (χ1) is 6.27. The van der Waals surface area contributed by atoms with E-state index in [1.807, 2.05) is 25.1 Å². The summed E-state index contributed by atoms with van der Waals surface area (Å²) in [7, 11) is 0. The molecule has 0 saturated carbocycles. The number of hydrogen-bond donors (Lipinski definition) is 0. The summed E-state index contributed by atoms with van der Waals surface area (Å²) in [5, 5.41) is 8.26. The summed E-state index contributed by atoms with van der Waals surface area (Å²) in [5.74, 6) is 0. The van der Waals surface area contributed by atoms with E-state index in [0.717, 1.165) is 11.3 Å². The van der Waals surface area contributed by atoms with Gasteiger partial charge in [-0.1, -0.05) is 22.9 Å². The van der Waals surface area contributed by atoms with Crippen molar-refractivity contribution in [3.8, 4) is 5.69 Å². The smallest absolute Gasteiger partial charge is 0.0849 e. The molecule has 0 saturated heterocycles. The second-order valence-electron chi connectivity index (χ2n) is 2.80. The van der Waals surface area contributed by atoms with Crippen molar-refractivity contribution in [2.24, 2.45) is 0 Å². The van der Waals surface area contributed by atoms with Crippen LogP contribution in [-0.2, 0) is 0 Å². The molecule has 3 nitrogen and oxygen atoms in total. The first-order valence-corrected chi connectivity index (χ1v) is 4.28. The van der Waals surface area contributed by atoms with Gasteiger partial charge >= 0.3 is 0 Å². The standard InChI is InChI=1S/C9H8ClN3/c1-7-2-3-9(8(10)6-7)13-5-4-11-12-13/h2-6H,1H3. The lowest BCUT2D eigenvalue weighted by Gasteiger charge is -2.03. The molecule has 0 N–H and O–H groups in total. The zero-order chi connectivity index (χ0) is 9.26. The van der Waals surface area contributed by atoms with E-state index in [0.29, 0.717) is 5.02 Å². The third-order valence-corrected chi connectivity index (χ3v) is 2.08. The number of hydrogen-bond acceptors (Lipinski definition) is 2. The minimum Gasteiger partial charge on any atom is -0.219 e. The highest BCUT2D eigenvalue weighted by atomic mass is 35.5. The molecule has 0 amide bonds. The third-order valence-electron chi connectivity index (χ3n) is 1.77. The van der Waals surface area contributed by atoms with Crippen LogP contribution in [0.3, 0.4) is 0 Å². The van der Waals surface area contributed by atoms with Gasteiger partial charge < -0.3 is 0 Å². The van der Waals surface area contributed by atoms with E-state index in [1.54, 1.807) is 17.1 Å². The van der Waals surface area contributed by atoms with Gasteiger partial charge in [0.05, 0.1) is 23.1 Å². The fraction of sp³-hybridized carbons (Fsp3) is 0.111. The topological polar surface area (TPSA) is 30.7 Å². The van der Waals surface area contributed by atoms with Crippen LogP contribution in [0.5, 0.6) is 0 Å². The Balaban J connectivity index is 2.53. The summed E-state index contributed by atoms with van der Waals surface area (Å²) >= 11 is 6.03. The Morgan fingerprint density at radius 3 is 2.85 bits per heavy atom. The van der Waals surface area contributed by atoms with E-state index >= 15 is 0 Å². The summed E-state index contributed by atoms with van der Waals surface area (Å²) in [4.78, 5) is 0. The minimum atomic E-state index is 0.686. The number of benzene rings is 1. The Hall–Kier alpha value is -1.35. The van der Waals surface area contributed by atoms with Gasteiger partial charge in [0.1, 0.15) is 0 Å². The summed E-state index contributed by atoms with van der Waals surface area (Å²) in [5.41, 5.74) is 1.98. The molecule has 2 rings (SSSR count). The Kier molecular flexibility index (Phi) is 2.02. The van der Waals surface area contributed by atoms with E-state index in [1.165, 1.54) is 0 Å². The largest absolute Gasteiger partial charge is 0.219 e. The van der Waals surface area contributed by atoms with Crippen LogP contribution in [0, 0.1) is 6.92 Å². The van der Waals surface area contributed by atoms with E-state index < -0.39 is 0 Å². The van der Waals surface area contributed by atoms with Crippen molar-refractivity contribution in [1.82, 2.24) is 15.0 Å². The molecule has 0 radical (unpaired) electrons. The van der Waals surface area contributed by atoms with Crippen molar-refractivity contribution in [3.05, 3.63) is 41.2 Å². The van der Waals surface area contributed by atoms with Crippen LogP contribution in [0.4, 0.5) is 0 Å².